The zero-order valence-corrected chi connectivity index (χ0v) is 7.67. The quantitative estimate of drug-likeness (QED) is 0.354. The van der Waals surface area contributed by atoms with Crippen molar-refractivity contribution in [1.29, 1.82) is 0 Å². The van der Waals surface area contributed by atoms with Crippen molar-refractivity contribution in [3.63, 3.8) is 0 Å². The van der Waals surface area contributed by atoms with Crippen LogP contribution in [0.2, 0.25) is 0 Å². The highest BCUT2D eigenvalue weighted by Crippen LogP contribution is 2.02. The molecule has 0 radical (unpaired) electrons. The van der Waals surface area contributed by atoms with Crippen LogP contribution in [0.3, 0.4) is 0 Å². The van der Waals surface area contributed by atoms with Crippen molar-refractivity contribution in [1.82, 2.24) is 4.90 Å². The van der Waals surface area contributed by atoms with Gasteiger partial charge >= 0.3 is 5.97 Å². The second kappa shape index (κ2) is 4.26. The summed E-state index contributed by atoms with van der Waals surface area (Å²) >= 11 is 0. The Hall–Kier alpha value is -0.830. The highest BCUT2D eigenvalue weighted by molar-refractivity contribution is 5.87. The molecule has 68 valence electrons. The smallest absolute Gasteiger partial charge is 0.333 e. The molecular weight excluding hydrogens is 154 g/mol. The molecule has 1 aliphatic rings. The molecule has 0 unspecified atom stereocenters. The number of esters is 1. The number of ether oxygens (including phenoxy) is 1. The number of allylic oxidation sites excluding steroid dienone is 1. The zero-order chi connectivity index (χ0) is 8.97. The van der Waals surface area contributed by atoms with Gasteiger partial charge < -0.3 is 4.74 Å². The van der Waals surface area contributed by atoms with Gasteiger partial charge in [0, 0.05) is 25.2 Å². The molecule has 12 heavy (non-hydrogen) atoms. The normalized spacial score (nSPS) is 17.7. The van der Waals surface area contributed by atoms with Crippen molar-refractivity contribution in [3.8, 4) is 0 Å². The van der Waals surface area contributed by atoms with Crippen molar-refractivity contribution in [2.75, 3.05) is 26.2 Å². The maximum Gasteiger partial charge on any atom is 0.333 e. The van der Waals surface area contributed by atoms with Gasteiger partial charge in [0.25, 0.3) is 0 Å². The molecule has 0 bridgehead atoms. The molecule has 0 aliphatic carbocycles. The van der Waals surface area contributed by atoms with Crippen molar-refractivity contribution < 1.29 is 9.53 Å². The number of rotatable bonds is 4. The van der Waals surface area contributed by atoms with Crippen molar-refractivity contribution >= 4 is 5.97 Å². The monoisotopic (exact) mass is 169 g/mol. The minimum Gasteiger partial charge on any atom is -0.461 e. The maximum absolute atomic E-state index is 11.1. The summed E-state index contributed by atoms with van der Waals surface area (Å²) in [5, 5.41) is 0. The Morgan fingerprint density at radius 2 is 2.25 bits per heavy atom. The lowest BCUT2D eigenvalue weighted by atomic mass is 10.3. The van der Waals surface area contributed by atoms with Crippen molar-refractivity contribution in [3.05, 3.63) is 11.6 Å². The molecule has 0 N–H and O–H groups in total. The van der Waals surface area contributed by atoms with Gasteiger partial charge in [0.15, 0.2) is 0 Å². The van der Waals surface area contributed by atoms with E-state index in [0.717, 1.165) is 19.6 Å². The predicted molar refractivity (Wildman–Crippen MR) is 46.8 cm³/mol. The lowest BCUT2D eigenvalue weighted by Gasteiger charge is -2.04. The van der Waals surface area contributed by atoms with E-state index in [2.05, 4.69) is 4.90 Å². The van der Waals surface area contributed by atoms with Crippen LogP contribution in [0.5, 0.6) is 0 Å². The maximum atomic E-state index is 11.1. The fourth-order valence-corrected chi connectivity index (χ4v) is 0.793. The first-order chi connectivity index (χ1) is 5.74. The Morgan fingerprint density at radius 1 is 1.58 bits per heavy atom. The van der Waals surface area contributed by atoms with E-state index >= 15 is 0 Å². The van der Waals surface area contributed by atoms with Crippen LogP contribution in [0.4, 0.5) is 0 Å². The number of carbonyl (C=O) groups is 1. The Bertz CT molecular complexity index is 195. The molecule has 1 aliphatic heterocycles. The second-order valence-corrected chi connectivity index (χ2v) is 2.95. The van der Waals surface area contributed by atoms with E-state index in [1.54, 1.807) is 13.0 Å². The Labute approximate surface area is 73.0 Å². The van der Waals surface area contributed by atoms with Crippen LogP contribution in [0, 0.1) is 0 Å². The molecule has 0 aromatic rings. The lowest BCUT2D eigenvalue weighted by molar-refractivity contribution is -0.139. The van der Waals surface area contributed by atoms with Gasteiger partial charge in [0.05, 0.1) is 0 Å². The molecule has 3 nitrogen and oxygen atoms in total. The first kappa shape index (κ1) is 9.26. The van der Waals surface area contributed by atoms with Gasteiger partial charge in [-0.3, -0.25) is 4.90 Å². The van der Waals surface area contributed by atoms with Gasteiger partial charge in [-0.15, -0.1) is 0 Å². The molecule has 3 heteroatoms. The van der Waals surface area contributed by atoms with Crippen LogP contribution in [0.1, 0.15) is 13.8 Å². The molecule has 1 saturated heterocycles. The highest BCUT2D eigenvalue weighted by Gasteiger charge is 2.16. The van der Waals surface area contributed by atoms with Crippen LogP contribution in [-0.2, 0) is 9.53 Å². The molecule has 0 aromatic carbocycles. The SMILES string of the molecule is CC=C(C)C(=O)OCCN1CC1. The van der Waals surface area contributed by atoms with Gasteiger partial charge in [0.1, 0.15) is 6.61 Å². The number of carbonyl (C=O) groups excluding carboxylic acids is 1. The average molecular weight is 169 g/mol. The van der Waals surface area contributed by atoms with Gasteiger partial charge in [-0.25, -0.2) is 4.79 Å². The predicted octanol–water partition coefficient (Wildman–Crippen LogP) is 0.811. The van der Waals surface area contributed by atoms with E-state index < -0.39 is 0 Å². The van der Waals surface area contributed by atoms with Gasteiger partial charge in [-0.05, 0) is 13.8 Å². The minimum absolute atomic E-state index is 0.195. The number of nitrogens with zero attached hydrogens (tertiary/aromatic N) is 1. The number of hydrogen-bond acceptors (Lipinski definition) is 3. The first-order valence-electron chi connectivity index (χ1n) is 4.26. The van der Waals surface area contributed by atoms with Crippen LogP contribution in [0.25, 0.3) is 0 Å². The first-order valence-corrected chi connectivity index (χ1v) is 4.26. The van der Waals surface area contributed by atoms with Crippen LogP contribution >= 0.6 is 0 Å². The summed E-state index contributed by atoms with van der Waals surface area (Å²) in [4.78, 5) is 13.3. The second-order valence-electron chi connectivity index (χ2n) is 2.95. The molecule has 1 fully saturated rings. The average Bonchev–Trinajstić information content (AvgIpc) is 2.86. The summed E-state index contributed by atoms with van der Waals surface area (Å²) in [7, 11) is 0. The fourth-order valence-electron chi connectivity index (χ4n) is 0.793. The molecule has 0 aromatic heterocycles. The summed E-state index contributed by atoms with van der Waals surface area (Å²) in [6.45, 7) is 7.30. The fraction of sp³-hybridized carbons (Fsp3) is 0.667. The molecule has 0 saturated carbocycles. The third-order valence-corrected chi connectivity index (χ3v) is 1.94. The molecule has 0 amide bonds. The van der Waals surface area contributed by atoms with Crippen molar-refractivity contribution in [2.24, 2.45) is 0 Å². The molecule has 1 heterocycles. The molecular formula is C9H15NO2. The van der Waals surface area contributed by atoms with Gasteiger partial charge in [0.2, 0.25) is 0 Å². The Morgan fingerprint density at radius 3 is 2.75 bits per heavy atom. The van der Waals surface area contributed by atoms with E-state index in [9.17, 15) is 4.79 Å². The topological polar surface area (TPSA) is 29.3 Å². The van der Waals surface area contributed by atoms with Crippen LogP contribution in [0.15, 0.2) is 11.6 Å². The van der Waals surface area contributed by atoms with E-state index in [1.807, 2.05) is 6.92 Å². The van der Waals surface area contributed by atoms with E-state index in [1.165, 1.54) is 0 Å². The van der Waals surface area contributed by atoms with Crippen LogP contribution < -0.4 is 0 Å². The number of hydrogen-bond donors (Lipinski definition) is 0. The standard InChI is InChI=1S/C9H15NO2/c1-3-8(2)9(11)12-7-6-10-4-5-10/h3H,4-7H2,1-2H3. The van der Waals surface area contributed by atoms with E-state index in [-0.39, 0.29) is 5.97 Å². The van der Waals surface area contributed by atoms with E-state index in [0.29, 0.717) is 12.2 Å². The third-order valence-electron chi connectivity index (χ3n) is 1.94. The molecule has 0 atom stereocenters. The summed E-state index contributed by atoms with van der Waals surface area (Å²) in [5.41, 5.74) is 0.681. The summed E-state index contributed by atoms with van der Waals surface area (Å²) in [6.07, 6.45) is 1.76. The summed E-state index contributed by atoms with van der Waals surface area (Å²) in [5.74, 6) is -0.195. The van der Waals surface area contributed by atoms with Gasteiger partial charge in [-0.1, -0.05) is 6.08 Å². The summed E-state index contributed by atoms with van der Waals surface area (Å²) < 4.78 is 5.00. The Kier molecular flexibility index (Phi) is 3.29. The van der Waals surface area contributed by atoms with Crippen LogP contribution in [-0.4, -0.2) is 37.1 Å². The zero-order valence-electron chi connectivity index (χ0n) is 7.67. The summed E-state index contributed by atoms with van der Waals surface area (Å²) in [6, 6.07) is 0. The Balaban J connectivity index is 2.08. The highest BCUT2D eigenvalue weighted by atomic mass is 16.5. The lowest BCUT2D eigenvalue weighted by Crippen LogP contribution is -2.13. The minimum atomic E-state index is -0.195. The van der Waals surface area contributed by atoms with Gasteiger partial charge in [-0.2, -0.15) is 0 Å². The third kappa shape index (κ3) is 3.05. The largest absolute Gasteiger partial charge is 0.461 e. The molecule has 1 rings (SSSR count). The van der Waals surface area contributed by atoms with E-state index in [4.69, 9.17) is 4.74 Å². The van der Waals surface area contributed by atoms with Crippen molar-refractivity contribution in [2.45, 2.75) is 13.8 Å². The molecule has 0 spiro atoms.